The number of hydrogen-bond acceptors (Lipinski definition) is 2. The number of nitrogens with one attached hydrogen (secondary N) is 2. The van der Waals surface area contributed by atoms with E-state index in [9.17, 15) is 9.59 Å². The van der Waals surface area contributed by atoms with Crippen molar-refractivity contribution < 1.29 is 9.59 Å². The van der Waals surface area contributed by atoms with Gasteiger partial charge in [0.05, 0.1) is 6.42 Å². The van der Waals surface area contributed by atoms with Crippen LogP contribution in [-0.2, 0) is 17.8 Å². The fourth-order valence-corrected chi connectivity index (χ4v) is 2.68. The average Bonchev–Trinajstić information content (AvgIpc) is 2.69. The van der Waals surface area contributed by atoms with Crippen molar-refractivity contribution in [3.05, 3.63) is 101 Å². The number of hydrogen-bond donors (Lipinski definition) is 2. The zero-order valence-electron chi connectivity index (χ0n) is 14.6. The molecule has 3 aromatic carbocycles. The molecule has 0 aromatic heterocycles. The van der Waals surface area contributed by atoms with Gasteiger partial charge in [0.2, 0.25) is 5.91 Å². The van der Waals surface area contributed by atoms with Crippen molar-refractivity contribution >= 4 is 29.1 Å². The maximum Gasteiger partial charge on any atom is 0.255 e. The van der Waals surface area contributed by atoms with E-state index < -0.39 is 0 Å². The van der Waals surface area contributed by atoms with Crippen molar-refractivity contribution in [3.63, 3.8) is 0 Å². The van der Waals surface area contributed by atoms with Crippen LogP contribution >= 0.6 is 11.6 Å². The highest BCUT2D eigenvalue weighted by Crippen LogP contribution is 2.14. The monoisotopic (exact) mass is 378 g/mol. The number of carbonyl (C=O) groups is 2. The summed E-state index contributed by atoms with van der Waals surface area (Å²) in [4.78, 5) is 24.3. The molecule has 136 valence electrons. The summed E-state index contributed by atoms with van der Waals surface area (Å²) >= 11 is 5.83. The first-order valence-corrected chi connectivity index (χ1v) is 8.94. The molecule has 0 aliphatic rings. The van der Waals surface area contributed by atoms with Gasteiger partial charge < -0.3 is 10.6 Å². The molecule has 0 heterocycles. The third kappa shape index (κ3) is 5.69. The third-order valence-corrected chi connectivity index (χ3v) is 4.27. The molecule has 0 atom stereocenters. The molecule has 5 heteroatoms. The molecule has 0 bridgehead atoms. The number of halogens is 1. The van der Waals surface area contributed by atoms with Crippen LogP contribution in [0.15, 0.2) is 78.9 Å². The predicted octanol–water partition coefficient (Wildman–Crippen LogP) is 4.45. The highest BCUT2D eigenvalue weighted by Gasteiger charge is 2.07. The van der Waals surface area contributed by atoms with Crippen LogP contribution in [0.2, 0.25) is 5.02 Å². The number of amides is 2. The quantitative estimate of drug-likeness (QED) is 0.665. The molecule has 3 rings (SSSR count). The van der Waals surface area contributed by atoms with Crippen LogP contribution in [-0.4, -0.2) is 11.8 Å². The van der Waals surface area contributed by atoms with Gasteiger partial charge in [0, 0.05) is 22.8 Å². The van der Waals surface area contributed by atoms with Gasteiger partial charge in [-0.1, -0.05) is 54.1 Å². The van der Waals surface area contributed by atoms with Crippen molar-refractivity contribution in [1.29, 1.82) is 0 Å². The second kappa shape index (κ2) is 9.01. The number of carbonyl (C=O) groups excluding carboxylic acids is 2. The van der Waals surface area contributed by atoms with Crippen LogP contribution in [0, 0.1) is 0 Å². The zero-order chi connectivity index (χ0) is 19.1. The van der Waals surface area contributed by atoms with Gasteiger partial charge in [-0.15, -0.1) is 0 Å². The fraction of sp³-hybridized carbons (Fsp3) is 0.0909. The highest BCUT2D eigenvalue weighted by molar-refractivity contribution is 6.30. The first-order valence-electron chi connectivity index (χ1n) is 8.56. The number of benzene rings is 3. The highest BCUT2D eigenvalue weighted by atomic mass is 35.5. The Bertz CT molecular complexity index is 907. The average molecular weight is 379 g/mol. The molecule has 0 spiro atoms. The largest absolute Gasteiger partial charge is 0.352 e. The van der Waals surface area contributed by atoms with E-state index in [2.05, 4.69) is 10.6 Å². The molecule has 2 amide bonds. The van der Waals surface area contributed by atoms with E-state index in [1.165, 1.54) is 0 Å². The maximum absolute atomic E-state index is 12.2. The lowest BCUT2D eigenvalue weighted by atomic mass is 10.1. The van der Waals surface area contributed by atoms with Gasteiger partial charge in [-0.05, 0) is 47.5 Å². The van der Waals surface area contributed by atoms with Gasteiger partial charge in [-0.2, -0.15) is 0 Å². The second-order valence-electron chi connectivity index (χ2n) is 6.10. The summed E-state index contributed by atoms with van der Waals surface area (Å²) in [7, 11) is 0. The maximum atomic E-state index is 12.2. The van der Waals surface area contributed by atoms with Crippen molar-refractivity contribution in [2.75, 3.05) is 5.32 Å². The Morgan fingerprint density at radius 3 is 2.11 bits per heavy atom. The van der Waals surface area contributed by atoms with E-state index in [0.29, 0.717) is 22.8 Å². The standard InChI is InChI=1S/C22H19ClN2O2/c23-19-10-8-18(9-11-19)22(27)25-20-12-6-16(7-13-20)14-21(26)24-15-17-4-2-1-3-5-17/h1-13H,14-15H2,(H,24,26)(H,25,27). The fourth-order valence-electron chi connectivity index (χ4n) is 2.55. The summed E-state index contributed by atoms with van der Waals surface area (Å²) in [5, 5.41) is 6.31. The number of anilines is 1. The molecule has 0 radical (unpaired) electrons. The van der Waals surface area contributed by atoms with Crippen molar-refractivity contribution in [1.82, 2.24) is 5.32 Å². The lowest BCUT2D eigenvalue weighted by Gasteiger charge is -2.08. The molecular formula is C22H19ClN2O2. The summed E-state index contributed by atoms with van der Waals surface area (Å²) < 4.78 is 0. The van der Waals surface area contributed by atoms with Crippen LogP contribution in [0.1, 0.15) is 21.5 Å². The van der Waals surface area contributed by atoms with Gasteiger partial charge in [-0.25, -0.2) is 0 Å². The normalized spacial score (nSPS) is 10.3. The van der Waals surface area contributed by atoms with Crippen molar-refractivity contribution in [3.8, 4) is 0 Å². The van der Waals surface area contributed by atoms with E-state index in [4.69, 9.17) is 11.6 Å². The van der Waals surface area contributed by atoms with Crippen LogP contribution in [0.5, 0.6) is 0 Å². The van der Waals surface area contributed by atoms with Crippen LogP contribution in [0.4, 0.5) is 5.69 Å². The Morgan fingerprint density at radius 2 is 1.44 bits per heavy atom. The van der Waals surface area contributed by atoms with Crippen LogP contribution in [0.3, 0.4) is 0 Å². The summed E-state index contributed by atoms with van der Waals surface area (Å²) in [6, 6.07) is 23.7. The smallest absolute Gasteiger partial charge is 0.255 e. The van der Waals surface area contributed by atoms with Gasteiger partial charge >= 0.3 is 0 Å². The Labute approximate surface area is 163 Å². The second-order valence-corrected chi connectivity index (χ2v) is 6.53. The molecule has 27 heavy (non-hydrogen) atoms. The lowest BCUT2D eigenvalue weighted by molar-refractivity contribution is -0.120. The first kappa shape index (κ1) is 18.7. The Kier molecular flexibility index (Phi) is 6.23. The van der Waals surface area contributed by atoms with Crippen LogP contribution < -0.4 is 10.6 Å². The van der Waals surface area contributed by atoms with E-state index in [1.54, 1.807) is 36.4 Å². The van der Waals surface area contributed by atoms with E-state index in [0.717, 1.165) is 11.1 Å². The van der Waals surface area contributed by atoms with E-state index >= 15 is 0 Å². The Hall–Kier alpha value is -3.11. The molecule has 0 fully saturated rings. The molecular weight excluding hydrogens is 360 g/mol. The molecule has 2 N–H and O–H groups in total. The predicted molar refractivity (Wildman–Crippen MR) is 108 cm³/mol. The molecule has 0 saturated carbocycles. The summed E-state index contributed by atoms with van der Waals surface area (Å²) in [5.74, 6) is -0.253. The lowest BCUT2D eigenvalue weighted by Crippen LogP contribution is -2.24. The SMILES string of the molecule is O=C(Cc1ccc(NC(=O)c2ccc(Cl)cc2)cc1)NCc1ccccc1. The minimum absolute atomic E-state index is 0.0446. The zero-order valence-corrected chi connectivity index (χ0v) is 15.4. The van der Waals surface area contributed by atoms with Gasteiger partial charge in [0.1, 0.15) is 0 Å². The molecule has 4 nitrogen and oxygen atoms in total. The van der Waals surface area contributed by atoms with Gasteiger partial charge in [0.15, 0.2) is 0 Å². The minimum Gasteiger partial charge on any atom is -0.352 e. The van der Waals surface area contributed by atoms with Crippen molar-refractivity contribution in [2.24, 2.45) is 0 Å². The topological polar surface area (TPSA) is 58.2 Å². The van der Waals surface area contributed by atoms with Crippen LogP contribution in [0.25, 0.3) is 0 Å². The van der Waals surface area contributed by atoms with Gasteiger partial charge in [-0.3, -0.25) is 9.59 Å². The third-order valence-electron chi connectivity index (χ3n) is 4.02. The minimum atomic E-state index is -0.208. The van der Waals surface area contributed by atoms with E-state index in [-0.39, 0.29) is 18.2 Å². The molecule has 0 aliphatic heterocycles. The summed E-state index contributed by atoms with van der Waals surface area (Å²) in [6.07, 6.45) is 0.290. The Morgan fingerprint density at radius 1 is 0.778 bits per heavy atom. The summed E-state index contributed by atoms with van der Waals surface area (Å²) in [6.45, 7) is 0.509. The summed E-state index contributed by atoms with van der Waals surface area (Å²) in [5.41, 5.74) is 3.14. The van der Waals surface area contributed by atoms with Gasteiger partial charge in [0.25, 0.3) is 5.91 Å². The molecule has 0 saturated heterocycles. The number of rotatable bonds is 6. The molecule has 3 aromatic rings. The Balaban J connectivity index is 1.51. The first-order chi connectivity index (χ1) is 13.1. The van der Waals surface area contributed by atoms with Crippen molar-refractivity contribution in [2.45, 2.75) is 13.0 Å². The molecule has 0 unspecified atom stereocenters. The van der Waals surface area contributed by atoms with E-state index in [1.807, 2.05) is 42.5 Å². The molecule has 0 aliphatic carbocycles.